The molecule has 0 bridgehead atoms. The molecule has 1 saturated heterocycles. The number of nitrogens with zero attached hydrogens (tertiary/aromatic N) is 3. The van der Waals surface area contributed by atoms with E-state index in [4.69, 9.17) is 0 Å². The van der Waals surface area contributed by atoms with Gasteiger partial charge in [0.25, 0.3) is 5.91 Å². The fourth-order valence-electron chi connectivity index (χ4n) is 3.58. The lowest BCUT2D eigenvalue weighted by Gasteiger charge is -2.30. The second-order valence-electron chi connectivity index (χ2n) is 5.79. The first-order chi connectivity index (χ1) is 9.16. The number of aliphatic hydroxyl groups is 1. The van der Waals surface area contributed by atoms with Crippen LogP contribution in [0.5, 0.6) is 0 Å². The number of likely N-dealkylation sites (tertiary alicyclic amines) is 1. The zero-order chi connectivity index (χ0) is 13.4. The molecule has 0 spiro atoms. The molecule has 3 atom stereocenters. The summed E-state index contributed by atoms with van der Waals surface area (Å²) in [5.41, 5.74) is 0.516. The molecule has 1 saturated carbocycles. The van der Waals surface area contributed by atoms with Gasteiger partial charge in [-0.15, -0.1) is 0 Å². The Hall–Kier alpha value is -1.36. The van der Waals surface area contributed by atoms with Gasteiger partial charge in [-0.2, -0.15) is 0 Å². The lowest BCUT2D eigenvalue weighted by molar-refractivity contribution is 0.0523. The van der Waals surface area contributed by atoms with E-state index in [0.717, 1.165) is 38.6 Å². The molecule has 5 nitrogen and oxygen atoms in total. The fourth-order valence-corrected chi connectivity index (χ4v) is 3.58. The van der Waals surface area contributed by atoms with Crippen LogP contribution in [0.25, 0.3) is 0 Å². The van der Waals surface area contributed by atoms with E-state index in [1.165, 1.54) is 0 Å². The van der Waals surface area contributed by atoms with Gasteiger partial charge in [0.05, 0.1) is 12.4 Å². The molecule has 1 amide bonds. The third-order valence-electron chi connectivity index (χ3n) is 4.51. The van der Waals surface area contributed by atoms with Crippen molar-refractivity contribution in [2.24, 2.45) is 13.0 Å². The van der Waals surface area contributed by atoms with Gasteiger partial charge in [0.15, 0.2) is 0 Å². The highest BCUT2D eigenvalue weighted by Gasteiger charge is 2.40. The van der Waals surface area contributed by atoms with Crippen molar-refractivity contribution in [3.63, 3.8) is 0 Å². The highest BCUT2D eigenvalue weighted by atomic mass is 16.3. The zero-order valence-corrected chi connectivity index (χ0v) is 11.3. The summed E-state index contributed by atoms with van der Waals surface area (Å²) in [4.78, 5) is 18.6. The number of hydrogen-bond acceptors (Lipinski definition) is 3. The molecule has 1 aliphatic carbocycles. The Morgan fingerprint density at radius 3 is 2.84 bits per heavy atom. The molecular weight excluding hydrogens is 242 g/mol. The van der Waals surface area contributed by atoms with Crippen LogP contribution < -0.4 is 0 Å². The predicted molar refractivity (Wildman–Crippen MR) is 70.6 cm³/mol. The van der Waals surface area contributed by atoms with E-state index >= 15 is 0 Å². The molecule has 1 N–H and O–H groups in total. The summed E-state index contributed by atoms with van der Waals surface area (Å²) in [6.45, 7) is 0.795. The van der Waals surface area contributed by atoms with E-state index in [9.17, 15) is 9.90 Å². The SMILES string of the molecule is Cn1cnc(C(=O)N2CCCC2C2CCCC2O)c1. The van der Waals surface area contributed by atoms with Gasteiger partial charge in [-0.1, -0.05) is 6.42 Å². The van der Waals surface area contributed by atoms with Crippen molar-refractivity contribution in [1.82, 2.24) is 14.5 Å². The van der Waals surface area contributed by atoms with Gasteiger partial charge in [0.1, 0.15) is 5.69 Å². The van der Waals surface area contributed by atoms with Crippen molar-refractivity contribution >= 4 is 5.91 Å². The van der Waals surface area contributed by atoms with Crippen LogP contribution in [-0.2, 0) is 7.05 Å². The quantitative estimate of drug-likeness (QED) is 0.872. The number of aryl methyl sites for hydroxylation is 1. The van der Waals surface area contributed by atoms with Gasteiger partial charge < -0.3 is 14.6 Å². The molecule has 5 heteroatoms. The Balaban J connectivity index is 1.77. The van der Waals surface area contributed by atoms with Crippen LogP contribution in [-0.4, -0.2) is 44.2 Å². The van der Waals surface area contributed by atoms with Gasteiger partial charge in [0, 0.05) is 31.7 Å². The molecule has 0 aromatic carbocycles. The van der Waals surface area contributed by atoms with Crippen LogP contribution >= 0.6 is 0 Å². The number of carbonyl (C=O) groups is 1. The molecule has 3 unspecified atom stereocenters. The summed E-state index contributed by atoms with van der Waals surface area (Å²) in [5.74, 6) is 0.275. The van der Waals surface area contributed by atoms with E-state index in [2.05, 4.69) is 4.98 Å². The smallest absolute Gasteiger partial charge is 0.274 e. The Morgan fingerprint density at radius 1 is 1.37 bits per heavy atom. The predicted octanol–water partition coefficient (Wildman–Crippen LogP) is 1.19. The van der Waals surface area contributed by atoms with E-state index in [1.807, 2.05) is 11.9 Å². The maximum Gasteiger partial charge on any atom is 0.274 e. The van der Waals surface area contributed by atoms with E-state index in [1.54, 1.807) is 17.1 Å². The molecule has 1 aromatic heterocycles. The molecule has 3 rings (SSSR count). The fraction of sp³-hybridized carbons (Fsp3) is 0.714. The number of hydrogen-bond donors (Lipinski definition) is 1. The van der Waals surface area contributed by atoms with Crippen LogP contribution in [0.4, 0.5) is 0 Å². The summed E-state index contributed by atoms with van der Waals surface area (Å²) in [6.07, 6.45) is 8.23. The molecule has 0 radical (unpaired) electrons. The van der Waals surface area contributed by atoms with Gasteiger partial charge in [0.2, 0.25) is 0 Å². The number of rotatable bonds is 2. The first-order valence-corrected chi connectivity index (χ1v) is 7.14. The largest absolute Gasteiger partial charge is 0.393 e. The van der Waals surface area contributed by atoms with Gasteiger partial charge in [-0.05, 0) is 25.7 Å². The van der Waals surface area contributed by atoms with Crippen molar-refractivity contribution < 1.29 is 9.90 Å². The van der Waals surface area contributed by atoms with E-state index < -0.39 is 0 Å². The van der Waals surface area contributed by atoms with Gasteiger partial charge in [-0.25, -0.2) is 4.98 Å². The second-order valence-corrected chi connectivity index (χ2v) is 5.79. The third kappa shape index (κ3) is 2.27. The lowest BCUT2D eigenvalue weighted by Crippen LogP contribution is -2.42. The maximum atomic E-state index is 12.5. The zero-order valence-electron chi connectivity index (χ0n) is 11.3. The van der Waals surface area contributed by atoms with Crippen LogP contribution in [0, 0.1) is 5.92 Å². The summed E-state index contributed by atoms with van der Waals surface area (Å²) >= 11 is 0. The highest BCUT2D eigenvalue weighted by molar-refractivity contribution is 5.92. The molecular formula is C14H21N3O2. The van der Waals surface area contributed by atoms with Crippen LogP contribution in [0.1, 0.15) is 42.6 Å². The minimum atomic E-state index is -0.234. The minimum Gasteiger partial charge on any atom is -0.393 e. The molecule has 2 heterocycles. The van der Waals surface area contributed by atoms with Crippen molar-refractivity contribution in [2.45, 2.75) is 44.2 Å². The van der Waals surface area contributed by atoms with Gasteiger partial charge in [-0.3, -0.25) is 4.79 Å². The minimum absolute atomic E-state index is 0.0159. The molecule has 2 aliphatic rings. The molecule has 19 heavy (non-hydrogen) atoms. The van der Waals surface area contributed by atoms with E-state index in [0.29, 0.717) is 5.69 Å². The van der Waals surface area contributed by atoms with Crippen molar-refractivity contribution in [3.8, 4) is 0 Å². The summed E-state index contributed by atoms with van der Waals surface area (Å²) in [6, 6.07) is 0.201. The second kappa shape index (κ2) is 4.96. The number of aromatic nitrogens is 2. The van der Waals surface area contributed by atoms with Crippen LogP contribution in [0.15, 0.2) is 12.5 Å². The molecule has 2 fully saturated rings. The standard InChI is InChI=1S/C14H21N3O2/c1-16-8-11(15-9-16)14(19)17-7-3-5-12(17)10-4-2-6-13(10)18/h8-10,12-13,18H,2-7H2,1H3. The average Bonchev–Trinajstić information content (AvgIpc) is 3.07. The van der Waals surface area contributed by atoms with Gasteiger partial charge >= 0.3 is 0 Å². The molecule has 1 aliphatic heterocycles. The van der Waals surface area contributed by atoms with Crippen LogP contribution in [0.3, 0.4) is 0 Å². The molecule has 104 valence electrons. The summed E-state index contributed by atoms with van der Waals surface area (Å²) < 4.78 is 1.79. The Morgan fingerprint density at radius 2 is 2.21 bits per heavy atom. The Kier molecular flexibility index (Phi) is 3.31. The summed E-state index contributed by atoms with van der Waals surface area (Å²) in [5, 5.41) is 10.1. The monoisotopic (exact) mass is 263 g/mol. The summed E-state index contributed by atoms with van der Waals surface area (Å²) in [7, 11) is 1.87. The maximum absolute atomic E-state index is 12.5. The first kappa shape index (κ1) is 12.7. The van der Waals surface area contributed by atoms with Crippen molar-refractivity contribution in [1.29, 1.82) is 0 Å². The Labute approximate surface area is 113 Å². The van der Waals surface area contributed by atoms with Crippen LogP contribution in [0.2, 0.25) is 0 Å². The first-order valence-electron chi connectivity index (χ1n) is 7.14. The Bertz CT molecular complexity index is 471. The van der Waals surface area contributed by atoms with Crippen molar-refractivity contribution in [2.75, 3.05) is 6.54 Å². The van der Waals surface area contributed by atoms with Crippen molar-refractivity contribution in [3.05, 3.63) is 18.2 Å². The highest BCUT2D eigenvalue weighted by Crippen LogP contribution is 2.36. The normalized spacial score (nSPS) is 31.1. The number of carbonyl (C=O) groups excluding carboxylic acids is 1. The topological polar surface area (TPSA) is 58.4 Å². The number of amides is 1. The average molecular weight is 263 g/mol. The number of imidazole rings is 1. The third-order valence-corrected chi connectivity index (χ3v) is 4.51. The molecule has 1 aromatic rings. The number of aliphatic hydroxyl groups excluding tert-OH is 1. The van der Waals surface area contributed by atoms with E-state index in [-0.39, 0.29) is 24.0 Å². The lowest BCUT2D eigenvalue weighted by atomic mass is 9.94.